The summed E-state index contributed by atoms with van der Waals surface area (Å²) in [5.41, 5.74) is 1.35. The molecule has 1 saturated heterocycles. The number of likely N-dealkylation sites (N-methyl/N-ethyl adjacent to an activating group) is 1. The number of nitrogens with one attached hydrogen (secondary N) is 1. The average molecular weight is 375 g/mol. The molecule has 27 heavy (non-hydrogen) atoms. The predicted octanol–water partition coefficient (Wildman–Crippen LogP) is 0.227. The third kappa shape index (κ3) is 4.52. The van der Waals surface area contributed by atoms with Crippen LogP contribution < -0.4 is 20.8 Å². The maximum atomic E-state index is 5.75. The van der Waals surface area contributed by atoms with Gasteiger partial charge in [-0.3, -0.25) is 0 Å². The van der Waals surface area contributed by atoms with Crippen molar-refractivity contribution in [1.29, 1.82) is 0 Å². The molecule has 146 valence electrons. The summed E-state index contributed by atoms with van der Waals surface area (Å²) >= 11 is 0. The Hall–Kier alpha value is -2.72. The van der Waals surface area contributed by atoms with Gasteiger partial charge < -0.3 is 30.0 Å². The molecular formula is C17H25N7O3. The van der Waals surface area contributed by atoms with Gasteiger partial charge in [0.1, 0.15) is 12.4 Å². The van der Waals surface area contributed by atoms with E-state index in [4.69, 9.17) is 19.7 Å². The molecule has 0 aromatic carbocycles. The molecule has 3 heterocycles. The van der Waals surface area contributed by atoms with E-state index in [1.54, 1.807) is 0 Å². The topological polar surface area (TPSA) is 124 Å². The number of ether oxygens (including phenoxy) is 2. The predicted molar refractivity (Wildman–Crippen MR) is 100 cm³/mol. The van der Waals surface area contributed by atoms with Crippen molar-refractivity contribution in [3.63, 3.8) is 0 Å². The van der Waals surface area contributed by atoms with Crippen LogP contribution in [-0.4, -0.2) is 67.2 Å². The van der Waals surface area contributed by atoms with E-state index >= 15 is 0 Å². The van der Waals surface area contributed by atoms with Crippen LogP contribution in [0.25, 0.3) is 0 Å². The molecule has 0 bridgehead atoms. The Balaban J connectivity index is 1.97. The Labute approximate surface area is 157 Å². The van der Waals surface area contributed by atoms with E-state index in [0.717, 1.165) is 11.3 Å². The van der Waals surface area contributed by atoms with Crippen LogP contribution >= 0.6 is 0 Å². The van der Waals surface area contributed by atoms with Crippen LogP contribution in [0.15, 0.2) is 15.6 Å². The van der Waals surface area contributed by atoms with E-state index in [1.165, 1.54) is 0 Å². The molecule has 0 saturated carbocycles. The van der Waals surface area contributed by atoms with Crippen molar-refractivity contribution in [2.45, 2.75) is 13.8 Å². The van der Waals surface area contributed by atoms with Gasteiger partial charge in [-0.2, -0.15) is 20.1 Å². The van der Waals surface area contributed by atoms with Crippen molar-refractivity contribution in [2.75, 3.05) is 51.4 Å². The molecule has 1 fully saturated rings. The summed E-state index contributed by atoms with van der Waals surface area (Å²) in [4.78, 5) is 15.4. The average Bonchev–Trinajstić information content (AvgIpc) is 3.01. The van der Waals surface area contributed by atoms with Gasteiger partial charge in [-0.1, -0.05) is 0 Å². The second kappa shape index (κ2) is 8.78. The quantitative estimate of drug-likeness (QED) is 0.303. The van der Waals surface area contributed by atoms with Crippen LogP contribution in [0, 0.1) is 13.8 Å². The molecule has 0 spiro atoms. The fourth-order valence-electron chi connectivity index (χ4n) is 2.59. The summed E-state index contributed by atoms with van der Waals surface area (Å²) < 4.78 is 16.8. The lowest BCUT2D eigenvalue weighted by Crippen LogP contribution is -2.38. The van der Waals surface area contributed by atoms with Crippen molar-refractivity contribution in [3.8, 4) is 6.01 Å². The van der Waals surface area contributed by atoms with Crippen LogP contribution in [0.1, 0.15) is 22.9 Å². The van der Waals surface area contributed by atoms with Crippen LogP contribution in [0.5, 0.6) is 6.01 Å². The normalized spacial score (nSPS) is 15.2. The van der Waals surface area contributed by atoms with Gasteiger partial charge in [0.25, 0.3) is 0 Å². The first-order valence-electron chi connectivity index (χ1n) is 8.84. The standard InChI is InChI=1S/C17H25N7O3/c1-11-10-13(27-12(11)2)14(23-18)15-20-16(24-5-8-25-9-6-24)22-17(21-15)26-7-4-19-3/h10,19H,4-9,18H2,1-3H3. The van der Waals surface area contributed by atoms with Gasteiger partial charge in [-0.05, 0) is 32.5 Å². The largest absolute Gasteiger partial charge is 0.462 e. The lowest BCUT2D eigenvalue weighted by molar-refractivity contribution is 0.122. The second-order valence-corrected chi connectivity index (χ2v) is 6.12. The van der Waals surface area contributed by atoms with Crippen molar-refractivity contribution in [1.82, 2.24) is 20.3 Å². The van der Waals surface area contributed by atoms with Crippen LogP contribution in [0.2, 0.25) is 0 Å². The Bertz CT molecular complexity index is 780. The zero-order chi connectivity index (χ0) is 19.2. The monoisotopic (exact) mass is 375 g/mol. The Morgan fingerprint density at radius 1 is 1.30 bits per heavy atom. The molecule has 1 aliphatic heterocycles. The number of hydrazone groups is 1. The SMILES string of the molecule is CNCCOc1nc(C(=NN)c2cc(C)c(C)o2)nc(N2CCOCC2)n1. The minimum Gasteiger partial charge on any atom is -0.462 e. The summed E-state index contributed by atoms with van der Waals surface area (Å²) in [7, 11) is 1.85. The van der Waals surface area contributed by atoms with Crippen molar-refractivity contribution >= 4 is 11.7 Å². The van der Waals surface area contributed by atoms with Gasteiger partial charge in [-0.25, -0.2) is 0 Å². The van der Waals surface area contributed by atoms with E-state index in [2.05, 4.69) is 25.4 Å². The molecule has 0 aliphatic carbocycles. The molecule has 0 atom stereocenters. The number of hydrogen-bond donors (Lipinski definition) is 2. The Morgan fingerprint density at radius 3 is 2.70 bits per heavy atom. The van der Waals surface area contributed by atoms with Gasteiger partial charge in [0.05, 0.1) is 13.2 Å². The molecular weight excluding hydrogens is 350 g/mol. The zero-order valence-corrected chi connectivity index (χ0v) is 15.9. The summed E-state index contributed by atoms with van der Waals surface area (Å²) in [5.74, 6) is 7.75. The summed E-state index contributed by atoms with van der Waals surface area (Å²) in [5, 5.41) is 6.88. The Kier molecular flexibility index (Phi) is 6.20. The number of rotatable bonds is 7. The first-order chi connectivity index (χ1) is 13.1. The van der Waals surface area contributed by atoms with Crippen molar-refractivity contribution in [2.24, 2.45) is 10.9 Å². The number of aryl methyl sites for hydroxylation is 2. The molecule has 0 unspecified atom stereocenters. The van der Waals surface area contributed by atoms with Gasteiger partial charge in [0, 0.05) is 19.6 Å². The smallest absolute Gasteiger partial charge is 0.321 e. The maximum absolute atomic E-state index is 5.75. The minimum atomic E-state index is 0.220. The third-order valence-corrected chi connectivity index (χ3v) is 4.22. The first-order valence-corrected chi connectivity index (χ1v) is 8.84. The molecule has 10 heteroatoms. The van der Waals surface area contributed by atoms with Crippen LogP contribution in [-0.2, 0) is 4.74 Å². The molecule has 3 N–H and O–H groups in total. The number of morpholine rings is 1. The molecule has 0 amide bonds. The second-order valence-electron chi connectivity index (χ2n) is 6.12. The van der Waals surface area contributed by atoms with Gasteiger partial charge >= 0.3 is 6.01 Å². The van der Waals surface area contributed by atoms with E-state index < -0.39 is 0 Å². The van der Waals surface area contributed by atoms with E-state index in [9.17, 15) is 0 Å². The first kappa shape index (κ1) is 19.1. The molecule has 3 rings (SSSR count). The lowest BCUT2D eigenvalue weighted by atomic mass is 10.2. The van der Waals surface area contributed by atoms with Crippen molar-refractivity contribution in [3.05, 3.63) is 29.0 Å². The third-order valence-electron chi connectivity index (χ3n) is 4.22. The number of furan rings is 1. The molecule has 0 radical (unpaired) electrons. The lowest BCUT2D eigenvalue weighted by Gasteiger charge is -2.27. The number of nitrogens with zero attached hydrogens (tertiary/aromatic N) is 5. The number of aromatic nitrogens is 3. The van der Waals surface area contributed by atoms with Crippen LogP contribution in [0.3, 0.4) is 0 Å². The summed E-state index contributed by atoms with van der Waals surface area (Å²) in [6, 6.07) is 2.08. The minimum absolute atomic E-state index is 0.220. The highest BCUT2D eigenvalue weighted by Gasteiger charge is 2.22. The fourth-order valence-corrected chi connectivity index (χ4v) is 2.59. The molecule has 1 aliphatic rings. The van der Waals surface area contributed by atoms with Crippen molar-refractivity contribution < 1.29 is 13.9 Å². The van der Waals surface area contributed by atoms with Gasteiger partial charge in [0.2, 0.25) is 5.95 Å². The highest BCUT2D eigenvalue weighted by atomic mass is 16.5. The molecule has 10 nitrogen and oxygen atoms in total. The highest BCUT2D eigenvalue weighted by Crippen LogP contribution is 2.19. The van der Waals surface area contributed by atoms with Crippen LogP contribution in [0.4, 0.5) is 5.95 Å². The number of nitrogens with two attached hydrogens (primary N) is 1. The van der Waals surface area contributed by atoms with E-state index in [-0.39, 0.29) is 6.01 Å². The number of hydrogen-bond acceptors (Lipinski definition) is 10. The molecule has 2 aromatic heterocycles. The van der Waals surface area contributed by atoms with E-state index in [1.807, 2.05) is 31.9 Å². The maximum Gasteiger partial charge on any atom is 0.321 e. The number of anilines is 1. The fraction of sp³-hybridized carbons (Fsp3) is 0.529. The van der Waals surface area contributed by atoms with E-state index in [0.29, 0.717) is 62.7 Å². The zero-order valence-electron chi connectivity index (χ0n) is 15.9. The summed E-state index contributed by atoms with van der Waals surface area (Å²) in [6.45, 7) is 7.54. The Morgan fingerprint density at radius 2 is 2.07 bits per heavy atom. The van der Waals surface area contributed by atoms with Gasteiger partial charge in [0.15, 0.2) is 17.3 Å². The highest BCUT2D eigenvalue weighted by molar-refractivity contribution is 6.08. The van der Waals surface area contributed by atoms with Gasteiger partial charge in [-0.15, -0.1) is 0 Å². The molecule has 2 aromatic rings. The summed E-state index contributed by atoms with van der Waals surface area (Å²) in [6.07, 6.45) is 0.